The van der Waals surface area contributed by atoms with Gasteiger partial charge in [0.25, 0.3) is 0 Å². The van der Waals surface area contributed by atoms with Gasteiger partial charge in [0.1, 0.15) is 0 Å². The monoisotopic (exact) mass is 214 g/mol. The van der Waals surface area contributed by atoms with Gasteiger partial charge in [0, 0.05) is 42.2 Å². The van der Waals surface area contributed by atoms with Crippen molar-refractivity contribution in [1.82, 2.24) is 9.80 Å². The Balaban J connectivity index is 2.04. The van der Waals surface area contributed by atoms with E-state index in [9.17, 15) is 0 Å². The summed E-state index contributed by atoms with van der Waals surface area (Å²) in [4.78, 5) is 5.18. The highest BCUT2D eigenvalue weighted by Crippen LogP contribution is 2.33. The molecule has 2 rings (SSSR count). The normalized spacial score (nSPS) is 36.0. The average molecular weight is 214 g/mol. The largest absolute Gasteiger partial charge is 0.300 e. The van der Waals surface area contributed by atoms with E-state index >= 15 is 0 Å². The summed E-state index contributed by atoms with van der Waals surface area (Å²) in [6.45, 7) is 10.8. The molecule has 0 radical (unpaired) electrons. The van der Waals surface area contributed by atoms with Crippen LogP contribution in [-0.4, -0.2) is 59.1 Å². The average Bonchev–Trinajstić information content (AvgIpc) is 2.48. The summed E-state index contributed by atoms with van der Waals surface area (Å²) >= 11 is 2.17. The van der Waals surface area contributed by atoms with Crippen molar-refractivity contribution in [3.63, 3.8) is 0 Å². The second kappa shape index (κ2) is 3.69. The van der Waals surface area contributed by atoms with Crippen LogP contribution < -0.4 is 0 Å². The molecular formula is C11H22N2S. The summed E-state index contributed by atoms with van der Waals surface area (Å²) in [7, 11) is 2.28. The summed E-state index contributed by atoms with van der Waals surface area (Å²) in [6.07, 6.45) is 0. The minimum atomic E-state index is 0.346. The summed E-state index contributed by atoms with van der Waals surface area (Å²) in [5.41, 5.74) is 0.346. The van der Waals surface area contributed by atoms with Crippen molar-refractivity contribution in [1.29, 1.82) is 0 Å². The van der Waals surface area contributed by atoms with Gasteiger partial charge < -0.3 is 4.90 Å². The standard InChI is InChI=1S/C11H22N2S/c1-11(2,3)13-7-9-10(8-13)14-6-5-12(9)4/h9-10H,5-8H2,1-4H3. The van der Waals surface area contributed by atoms with Crippen molar-refractivity contribution in [3.05, 3.63) is 0 Å². The van der Waals surface area contributed by atoms with Gasteiger partial charge in [-0.3, -0.25) is 4.90 Å². The smallest absolute Gasteiger partial charge is 0.0351 e. The molecule has 3 heteroatoms. The van der Waals surface area contributed by atoms with E-state index in [1.807, 2.05) is 0 Å². The molecule has 0 amide bonds. The van der Waals surface area contributed by atoms with Crippen molar-refractivity contribution in [3.8, 4) is 0 Å². The van der Waals surface area contributed by atoms with E-state index in [-0.39, 0.29) is 0 Å². The Bertz CT molecular complexity index is 212. The maximum Gasteiger partial charge on any atom is 0.0351 e. The zero-order valence-corrected chi connectivity index (χ0v) is 10.6. The van der Waals surface area contributed by atoms with Gasteiger partial charge in [-0.2, -0.15) is 11.8 Å². The molecule has 0 bridgehead atoms. The van der Waals surface area contributed by atoms with E-state index in [0.717, 1.165) is 11.3 Å². The van der Waals surface area contributed by atoms with Crippen LogP contribution in [0, 0.1) is 0 Å². The number of thioether (sulfide) groups is 1. The van der Waals surface area contributed by atoms with Gasteiger partial charge in [0.05, 0.1) is 0 Å². The van der Waals surface area contributed by atoms with Crippen molar-refractivity contribution in [2.75, 3.05) is 32.4 Å². The Morgan fingerprint density at radius 3 is 2.50 bits per heavy atom. The first-order valence-corrected chi connectivity index (χ1v) is 6.60. The molecule has 2 aliphatic rings. The van der Waals surface area contributed by atoms with Gasteiger partial charge in [0.2, 0.25) is 0 Å². The van der Waals surface area contributed by atoms with Crippen molar-refractivity contribution in [2.45, 2.75) is 37.6 Å². The van der Waals surface area contributed by atoms with E-state index in [1.165, 1.54) is 25.4 Å². The Morgan fingerprint density at radius 1 is 1.21 bits per heavy atom. The third kappa shape index (κ3) is 1.95. The molecule has 82 valence electrons. The molecule has 2 saturated heterocycles. The van der Waals surface area contributed by atoms with Gasteiger partial charge in [0.15, 0.2) is 0 Å². The van der Waals surface area contributed by atoms with Crippen LogP contribution >= 0.6 is 11.8 Å². The van der Waals surface area contributed by atoms with Gasteiger partial charge in [-0.15, -0.1) is 0 Å². The summed E-state index contributed by atoms with van der Waals surface area (Å²) in [6, 6.07) is 0.799. The molecule has 14 heavy (non-hydrogen) atoms. The Hall–Kier alpha value is 0.270. The lowest BCUT2D eigenvalue weighted by atomic mass is 10.1. The van der Waals surface area contributed by atoms with Gasteiger partial charge >= 0.3 is 0 Å². The number of hydrogen-bond donors (Lipinski definition) is 0. The lowest BCUT2D eigenvalue weighted by Gasteiger charge is -2.34. The highest BCUT2D eigenvalue weighted by Gasteiger charge is 2.41. The topological polar surface area (TPSA) is 6.48 Å². The predicted octanol–water partition coefficient (Wildman–Crippen LogP) is 1.52. The van der Waals surface area contributed by atoms with Crippen LogP contribution in [0.25, 0.3) is 0 Å². The summed E-state index contributed by atoms with van der Waals surface area (Å²) in [5, 5.41) is 0.855. The first-order valence-electron chi connectivity index (χ1n) is 5.55. The molecule has 2 aliphatic heterocycles. The molecule has 0 aliphatic carbocycles. The number of nitrogens with zero attached hydrogens (tertiary/aromatic N) is 2. The summed E-state index contributed by atoms with van der Waals surface area (Å²) in [5.74, 6) is 1.32. The fraction of sp³-hybridized carbons (Fsp3) is 1.00. The molecule has 2 fully saturated rings. The van der Waals surface area contributed by atoms with Crippen LogP contribution in [0.1, 0.15) is 20.8 Å². The quantitative estimate of drug-likeness (QED) is 0.604. The Morgan fingerprint density at radius 2 is 1.93 bits per heavy atom. The fourth-order valence-corrected chi connectivity index (χ4v) is 3.90. The highest BCUT2D eigenvalue weighted by atomic mass is 32.2. The second-order valence-electron chi connectivity index (χ2n) is 5.53. The molecule has 0 aromatic carbocycles. The van der Waals surface area contributed by atoms with E-state index in [1.54, 1.807) is 0 Å². The third-order valence-corrected chi connectivity index (χ3v) is 4.84. The van der Waals surface area contributed by atoms with Crippen LogP contribution in [0.4, 0.5) is 0 Å². The highest BCUT2D eigenvalue weighted by molar-refractivity contribution is 8.00. The van der Waals surface area contributed by atoms with Gasteiger partial charge in [-0.1, -0.05) is 0 Å². The SMILES string of the molecule is CN1CCSC2CN(C(C)(C)C)CC21. The van der Waals surface area contributed by atoms with E-state index in [0.29, 0.717) is 5.54 Å². The lowest BCUT2D eigenvalue weighted by Crippen LogP contribution is -2.45. The number of rotatable bonds is 0. The van der Waals surface area contributed by atoms with Crippen LogP contribution in [0.5, 0.6) is 0 Å². The van der Waals surface area contributed by atoms with Gasteiger partial charge in [-0.25, -0.2) is 0 Å². The van der Waals surface area contributed by atoms with E-state index in [2.05, 4.69) is 49.4 Å². The Kier molecular flexibility index (Phi) is 2.84. The molecule has 2 unspecified atom stereocenters. The molecule has 0 saturated carbocycles. The molecule has 2 atom stereocenters. The van der Waals surface area contributed by atoms with E-state index < -0.39 is 0 Å². The van der Waals surface area contributed by atoms with Gasteiger partial charge in [-0.05, 0) is 27.8 Å². The first-order chi connectivity index (χ1) is 6.48. The molecule has 2 heterocycles. The lowest BCUT2D eigenvalue weighted by molar-refractivity contribution is 0.155. The number of likely N-dealkylation sites (tertiary alicyclic amines) is 1. The van der Waals surface area contributed by atoms with Crippen LogP contribution in [-0.2, 0) is 0 Å². The third-order valence-electron chi connectivity index (χ3n) is 3.53. The Labute approximate surface area is 92.0 Å². The number of hydrogen-bond acceptors (Lipinski definition) is 3. The zero-order valence-electron chi connectivity index (χ0n) is 9.79. The minimum absolute atomic E-state index is 0.346. The molecule has 2 nitrogen and oxygen atoms in total. The van der Waals surface area contributed by atoms with E-state index in [4.69, 9.17) is 0 Å². The molecule has 0 spiro atoms. The van der Waals surface area contributed by atoms with Crippen molar-refractivity contribution < 1.29 is 0 Å². The fourth-order valence-electron chi connectivity index (χ4n) is 2.41. The number of fused-ring (bicyclic) bond motifs is 1. The maximum atomic E-state index is 2.64. The maximum absolute atomic E-state index is 2.64. The predicted molar refractivity (Wildman–Crippen MR) is 64.0 cm³/mol. The van der Waals surface area contributed by atoms with Crippen LogP contribution in [0.15, 0.2) is 0 Å². The molecule has 0 aromatic rings. The summed E-state index contributed by atoms with van der Waals surface area (Å²) < 4.78 is 0. The first kappa shape index (κ1) is 10.8. The molecule has 0 aromatic heterocycles. The van der Waals surface area contributed by atoms with Crippen LogP contribution in [0.3, 0.4) is 0 Å². The van der Waals surface area contributed by atoms with Crippen molar-refractivity contribution in [2.24, 2.45) is 0 Å². The van der Waals surface area contributed by atoms with Crippen molar-refractivity contribution >= 4 is 11.8 Å². The molecular weight excluding hydrogens is 192 g/mol. The number of likely N-dealkylation sites (N-methyl/N-ethyl adjacent to an activating group) is 1. The van der Waals surface area contributed by atoms with Crippen LogP contribution in [0.2, 0.25) is 0 Å². The molecule has 0 N–H and O–H groups in total. The zero-order chi connectivity index (χ0) is 10.3. The second-order valence-corrected chi connectivity index (χ2v) is 6.88. The minimum Gasteiger partial charge on any atom is -0.300 e.